The highest BCUT2D eigenvalue weighted by Gasteiger charge is 2.20. The number of anilines is 2. The van der Waals surface area contributed by atoms with E-state index in [0.29, 0.717) is 11.7 Å². The van der Waals surface area contributed by atoms with Gasteiger partial charge in [-0.2, -0.15) is 5.10 Å². The summed E-state index contributed by atoms with van der Waals surface area (Å²) < 4.78 is 0. The number of hydrogen-bond donors (Lipinski definition) is 3. The van der Waals surface area contributed by atoms with E-state index in [9.17, 15) is 4.79 Å². The number of aromatic nitrogens is 3. The van der Waals surface area contributed by atoms with E-state index in [4.69, 9.17) is 0 Å². The van der Waals surface area contributed by atoms with Gasteiger partial charge < -0.3 is 15.2 Å². The number of nitrogens with one attached hydrogen (secondary N) is 3. The smallest absolute Gasteiger partial charge is 0.166 e. The first-order chi connectivity index (χ1) is 13.3. The van der Waals surface area contributed by atoms with Gasteiger partial charge in [0.1, 0.15) is 0 Å². The van der Waals surface area contributed by atoms with Crippen LogP contribution in [0.5, 0.6) is 0 Å². The van der Waals surface area contributed by atoms with E-state index in [1.54, 1.807) is 0 Å². The first-order valence-electron chi connectivity index (χ1n) is 9.31. The van der Waals surface area contributed by atoms with Crippen molar-refractivity contribution in [2.45, 2.75) is 18.9 Å². The van der Waals surface area contributed by atoms with Gasteiger partial charge in [-0.25, -0.2) is 0 Å². The number of carbonyl (C=O) groups excluding carboxylic acids is 1. The summed E-state index contributed by atoms with van der Waals surface area (Å²) in [6.45, 7) is 2.00. The molecule has 6 heteroatoms. The van der Waals surface area contributed by atoms with Crippen molar-refractivity contribution in [3.8, 4) is 0 Å². The number of aromatic amines is 2. The number of benzene rings is 2. The Balaban J connectivity index is 1.34. The maximum absolute atomic E-state index is 11.0. The summed E-state index contributed by atoms with van der Waals surface area (Å²) in [7, 11) is 0. The Bertz CT molecular complexity index is 1110. The van der Waals surface area contributed by atoms with Gasteiger partial charge in [0.05, 0.1) is 17.4 Å². The Morgan fingerprint density at radius 3 is 3.00 bits per heavy atom. The van der Waals surface area contributed by atoms with E-state index in [0.717, 1.165) is 59.7 Å². The molecule has 27 heavy (non-hydrogen) atoms. The monoisotopic (exact) mass is 359 g/mol. The summed E-state index contributed by atoms with van der Waals surface area (Å²) >= 11 is 0. The molecule has 1 saturated heterocycles. The van der Waals surface area contributed by atoms with E-state index >= 15 is 0 Å². The highest BCUT2D eigenvalue weighted by Crippen LogP contribution is 2.26. The summed E-state index contributed by atoms with van der Waals surface area (Å²) in [5.41, 5.74) is 5.01. The molecule has 1 atom stereocenters. The predicted molar refractivity (Wildman–Crippen MR) is 109 cm³/mol. The predicted octanol–water partition coefficient (Wildman–Crippen LogP) is 3.94. The zero-order valence-electron chi connectivity index (χ0n) is 14.9. The largest absolute Gasteiger partial charge is 0.381 e. The van der Waals surface area contributed by atoms with Gasteiger partial charge in [-0.15, -0.1) is 0 Å². The first-order valence-corrected chi connectivity index (χ1v) is 9.31. The average Bonchev–Trinajstić information content (AvgIpc) is 3.33. The number of carbonyl (C=O) groups is 1. The molecule has 0 bridgehead atoms. The lowest BCUT2D eigenvalue weighted by Gasteiger charge is -2.35. The maximum Gasteiger partial charge on any atom is 0.166 e. The number of nitrogens with zero attached hydrogens (tertiary/aromatic N) is 2. The molecule has 0 aliphatic carbocycles. The molecule has 0 spiro atoms. The molecule has 1 aliphatic heterocycles. The Hall–Kier alpha value is -3.28. The lowest BCUT2D eigenvalue weighted by molar-refractivity contribution is 0.112. The summed E-state index contributed by atoms with van der Waals surface area (Å²) in [6, 6.07) is 15.0. The third kappa shape index (κ3) is 3.03. The Labute approximate surface area is 156 Å². The summed E-state index contributed by atoms with van der Waals surface area (Å²) in [5.74, 6) is 0. The highest BCUT2D eigenvalue weighted by molar-refractivity contribution is 5.89. The van der Waals surface area contributed by atoms with Crippen LogP contribution in [0.1, 0.15) is 23.3 Å². The van der Waals surface area contributed by atoms with Crippen molar-refractivity contribution in [1.29, 1.82) is 0 Å². The van der Waals surface area contributed by atoms with Crippen LogP contribution in [0.4, 0.5) is 11.4 Å². The topological polar surface area (TPSA) is 76.8 Å². The second kappa shape index (κ2) is 6.46. The van der Waals surface area contributed by atoms with Gasteiger partial charge in [-0.3, -0.25) is 9.89 Å². The lowest BCUT2D eigenvalue weighted by atomic mass is 10.0. The minimum atomic E-state index is 0.396. The SMILES string of the molecule is O=Cc1cc2ccc(N3CCCC(Nc4ccc5[nH]ncc5c4)C3)cc2[nH]1. The van der Waals surface area contributed by atoms with E-state index in [-0.39, 0.29) is 0 Å². The number of aldehydes is 1. The lowest BCUT2D eigenvalue weighted by Crippen LogP contribution is -2.42. The minimum Gasteiger partial charge on any atom is -0.381 e. The quantitative estimate of drug-likeness (QED) is 0.483. The minimum absolute atomic E-state index is 0.396. The Kier molecular flexibility index (Phi) is 3.81. The Morgan fingerprint density at radius 1 is 1.11 bits per heavy atom. The first kappa shape index (κ1) is 15.9. The van der Waals surface area contributed by atoms with Crippen molar-refractivity contribution < 1.29 is 4.79 Å². The third-order valence-corrected chi connectivity index (χ3v) is 5.35. The van der Waals surface area contributed by atoms with Crippen LogP contribution in [0.15, 0.2) is 48.7 Å². The van der Waals surface area contributed by atoms with Crippen LogP contribution in [0.25, 0.3) is 21.8 Å². The maximum atomic E-state index is 11.0. The molecule has 4 aromatic rings. The average molecular weight is 359 g/mol. The fourth-order valence-corrected chi connectivity index (χ4v) is 4.00. The summed E-state index contributed by atoms with van der Waals surface area (Å²) in [4.78, 5) is 16.6. The van der Waals surface area contributed by atoms with Gasteiger partial charge in [0, 0.05) is 46.8 Å². The van der Waals surface area contributed by atoms with Crippen molar-refractivity contribution in [3.63, 3.8) is 0 Å². The molecule has 6 nitrogen and oxygen atoms in total. The van der Waals surface area contributed by atoms with Crippen LogP contribution in [0.2, 0.25) is 0 Å². The highest BCUT2D eigenvalue weighted by atomic mass is 16.1. The molecule has 1 unspecified atom stereocenters. The number of H-pyrrole nitrogens is 2. The molecule has 136 valence electrons. The van der Waals surface area contributed by atoms with Gasteiger partial charge in [-0.05, 0) is 49.2 Å². The molecular formula is C21H21N5O. The second-order valence-corrected chi connectivity index (χ2v) is 7.22. The molecule has 1 fully saturated rings. The van der Waals surface area contributed by atoms with Crippen molar-refractivity contribution in [2.24, 2.45) is 0 Å². The molecule has 0 saturated carbocycles. The molecule has 2 aromatic heterocycles. The van der Waals surface area contributed by atoms with Crippen LogP contribution in [-0.4, -0.2) is 40.6 Å². The zero-order chi connectivity index (χ0) is 18.2. The van der Waals surface area contributed by atoms with E-state index in [1.807, 2.05) is 12.3 Å². The molecular weight excluding hydrogens is 338 g/mol. The van der Waals surface area contributed by atoms with E-state index < -0.39 is 0 Å². The van der Waals surface area contributed by atoms with Gasteiger partial charge in [0.2, 0.25) is 0 Å². The third-order valence-electron chi connectivity index (χ3n) is 5.35. The number of rotatable bonds is 4. The number of fused-ring (bicyclic) bond motifs is 2. The molecule has 3 heterocycles. The van der Waals surface area contributed by atoms with Gasteiger partial charge in [0.15, 0.2) is 6.29 Å². The van der Waals surface area contributed by atoms with Crippen LogP contribution in [-0.2, 0) is 0 Å². The van der Waals surface area contributed by atoms with Gasteiger partial charge in [0.25, 0.3) is 0 Å². The van der Waals surface area contributed by atoms with Crippen LogP contribution in [0.3, 0.4) is 0 Å². The Morgan fingerprint density at radius 2 is 2.07 bits per heavy atom. The molecule has 0 radical (unpaired) electrons. The number of hydrogen-bond acceptors (Lipinski definition) is 4. The molecule has 5 rings (SSSR count). The van der Waals surface area contributed by atoms with Crippen molar-refractivity contribution >= 4 is 39.5 Å². The second-order valence-electron chi connectivity index (χ2n) is 7.22. The summed E-state index contributed by atoms with van der Waals surface area (Å²) in [6.07, 6.45) is 5.01. The van der Waals surface area contributed by atoms with E-state index in [2.05, 4.69) is 61.8 Å². The summed E-state index contributed by atoms with van der Waals surface area (Å²) in [5, 5.41) is 12.9. The van der Waals surface area contributed by atoms with Crippen molar-refractivity contribution in [1.82, 2.24) is 15.2 Å². The molecule has 0 amide bonds. The molecule has 3 N–H and O–H groups in total. The zero-order valence-corrected chi connectivity index (χ0v) is 14.9. The molecule has 1 aliphatic rings. The normalized spacial score (nSPS) is 17.5. The van der Waals surface area contributed by atoms with Gasteiger partial charge >= 0.3 is 0 Å². The van der Waals surface area contributed by atoms with Crippen LogP contribution in [0, 0.1) is 0 Å². The van der Waals surface area contributed by atoms with Crippen LogP contribution >= 0.6 is 0 Å². The molecule has 2 aromatic carbocycles. The van der Waals surface area contributed by atoms with Crippen molar-refractivity contribution in [3.05, 3.63) is 54.4 Å². The fraction of sp³-hybridized carbons (Fsp3) is 0.238. The van der Waals surface area contributed by atoms with Crippen molar-refractivity contribution in [2.75, 3.05) is 23.3 Å². The van der Waals surface area contributed by atoms with Gasteiger partial charge in [-0.1, -0.05) is 6.07 Å². The number of piperidine rings is 1. The van der Waals surface area contributed by atoms with Crippen LogP contribution < -0.4 is 10.2 Å². The van der Waals surface area contributed by atoms with E-state index in [1.165, 1.54) is 5.69 Å². The standard InChI is InChI=1S/C21H21N5O/c27-13-18-8-14-3-5-19(10-21(14)24-18)26-7-1-2-17(12-26)23-16-4-6-20-15(9-16)11-22-25-20/h3-6,8-11,13,17,23-24H,1-2,7,12H2,(H,22,25). The fourth-order valence-electron chi connectivity index (χ4n) is 4.00.